The normalized spacial score (nSPS) is 10.0. The number of rotatable bonds is 0. The van der Waals surface area contributed by atoms with E-state index in [4.69, 9.17) is 5.73 Å². The molecular formula is C6H7NS. The van der Waals surface area contributed by atoms with Crippen LogP contribution in [0.25, 0.3) is 11.1 Å². The zero-order chi connectivity index (χ0) is 4.85. The lowest BCUT2D eigenvalue weighted by atomic mass is 10.6. The van der Waals surface area contributed by atoms with Crippen molar-refractivity contribution < 1.29 is 0 Å². The number of hydrogen-bond acceptors (Lipinski definition) is 1. The highest BCUT2D eigenvalue weighted by molar-refractivity contribution is 7.59. The Morgan fingerprint density at radius 3 is 1.88 bits per heavy atom. The minimum Gasteiger partial charge on any atom is -0.398 e. The topological polar surface area (TPSA) is 26.0 Å². The fourth-order valence-electron chi connectivity index (χ4n) is 0.833. The summed E-state index contributed by atoms with van der Waals surface area (Å²) in [5.74, 6) is 0. The number of benzene rings is 1. The third-order valence-electron chi connectivity index (χ3n) is 1.33. The van der Waals surface area contributed by atoms with Crippen LogP contribution in [0.5, 0.6) is 0 Å². The molecule has 2 aliphatic rings. The predicted octanol–water partition coefficient (Wildman–Crippen LogP) is 1.36. The maximum absolute atomic E-state index is 5.43. The molecule has 2 aliphatic carbocycles. The summed E-state index contributed by atoms with van der Waals surface area (Å²) in [6.45, 7) is 0. The molecule has 0 fully saturated rings. The summed E-state index contributed by atoms with van der Waals surface area (Å²) in [6.07, 6.45) is 0. The zero-order valence-corrected chi connectivity index (χ0v) is 5.31. The van der Waals surface area contributed by atoms with Gasteiger partial charge < -0.3 is 5.73 Å². The molecule has 1 nitrogen and oxygen atoms in total. The Kier molecular flexibility index (Phi) is 0.978. The van der Waals surface area contributed by atoms with Crippen molar-refractivity contribution in [3.63, 3.8) is 0 Å². The minimum atomic E-state index is 0. The van der Waals surface area contributed by atoms with E-state index in [1.807, 2.05) is 18.2 Å². The quantitative estimate of drug-likeness (QED) is 0.529. The average molecular weight is 125 g/mol. The van der Waals surface area contributed by atoms with E-state index in [0.29, 0.717) is 0 Å². The van der Waals surface area contributed by atoms with Crippen LogP contribution in [0.4, 0.5) is 5.69 Å². The van der Waals surface area contributed by atoms with Crippen molar-refractivity contribution in [2.45, 2.75) is 0 Å². The van der Waals surface area contributed by atoms with Gasteiger partial charge in [0.1, 0.15) is 0 Å². The number of anilines is 1. The molecule has 0 aromatic rings. The minimum absolute atomic E-state index is 0. The molecule has 2 heteroatoms. The van der Waals surface area contributed by atoms with Crippen LogP contribution in [0.3, 0.4) is 0 Å². The molecule has 42 valence electrons. The Bertz CT molecular complexity index is 200. The highest BCUT2D eigenvalue weighted by Crippen LogP contribution is 2.45. The summed E-state index contributed by atoms with van der Waals surface area (Å²) in [6, 6.07) is 6.08. The van der Waals surface area contributed by atoms with Crippen LogP contribution in [0.1, 0.15) is 0 Å². The second-order valence-electron chi connectivity index (χ2n) is 1.77. The van der Waals surface area contributed by atoms with Crippen LogP contribution in [0, 0.1) is 0 Å². The van der Waals surface area contributed by atoms with E-state index in [-0.39, 0.29) is 13.5 Å². The van der Waals surface area contributed by atoms with E-state index in [1.165, 1.54) is 11.1 Å². The Labute approximate surface area is 55.0 Å². The summed E-state index contributed by atoms with van der Waals surface area (Å²) in [5.41, 5.74) is 8.92. The molecule has 0 aliphatic heterocycles. The van der Waals surface area contributed by atoms with E-state index in [2.05, 4.69) is 0 Å². The lowest BCUT2D eigenvalue weighted by Crippen LogP contribution is -1.67. The molecule has 0 saturated heterocycles. The first-order valence-electron chi connectivity index (χ1n) is 2.28. The summed E-state index contributed by atoms with van der Waals surface area (Å²) < 4.78 is 0. The Morgan fingerprint density at radius 1 is 1.12 bits per heavy atom. The predicted molar refractivity (Wildman–Crippen MR) is 40.2 cm³/mol. The third kappa shape index (κ3) is 0.434. The largest absolute Gasteiger partial charge is 0.398 e. The van der Waals surface area contributed by atoms with Crippen LogP contribution in [0.15, 0.2) is 18.2 Å². The zero-order valence-electron chi connectivity index (χ0n) is 4.31. The van der Waals surface area contributed by atoms with Crippen molar-refractivity contribution in [1.82, 2.24) is 0 Å². The van der Waals surface area contributed by atoms with Crippen molar-refractivity contribution in [1.29, 1.82) is 0 Å². The molecule has 0 spiro atoms. The molecule has 0 aromatic heterocycles. The molecule has 0 unspecified atom stereocenters. The van der Waals surface area contributed by atoms with Gasteiger partial charge in [-0.25, -0.2) is 0 Å². The molecule has 0 amide bonds. The van der Waals surface area contributed by atoms with Gasteiger partial charge in [-0.1, -0.05) is 18.2 Å². The molecule has 0 saturated carbocycles. The van der Waals surface area contributed by atoms with Crippen molar-refractivity contribution in [2.75, 3.05) is 5.73 Å². The fourth-order valence-corrected chi connectivity index (χ4v) is 0.833. The van der Waals surface area contributed by atoms with Crippen LogP contribution >= 0.6 is 13.5 Å². The number of nitrogens with two attached hydrogens (primary N) is 1. The first-order chi connectivity index (χ1) is 3.39. The van der Waals surface area contributed by atoms with Gasteiger partial charge in [-0.05, 0) is 0 Å². The molecule has 0 radical (unpaired) electrons. The SMILES string of the molecule is Nc1c2cccc1-2.S. The third-order valence-corrected chi connectivity index (χ3v) is 1.33. The maximum atomic E-state index is 5.43. The van der Waals surface area contributed by atoms with Gasteiger partial charge >= 0.3 is 0 Å². The van der Waals surface area contributed by atoms with Crippen LogP contribution < -0.4 is 5.73 Å². The lowest BCUT2D eigenvalue weighted by molar-refractivity contribution is 1.96. The van der Waals surface area contributed by atoms with Crippen molar-refractivity contribution >= 4 is 19.2 Å². The fraction of sp³-hybridized carbons (Fsp3) is 0. The van der Waals surface area contributed by atoms with Crippen molar-refractivity contribution in [2.24, 2.45) is 0 Å². The average Bonchev–Trinajstić information content (AvgIpc) is 2.26. The molecule has 2 N–H and O–H groups in total. The van der Waals surface area contributed by atoms with Gasteiger partial charge in [-0.2, -0.15) is 13.5 Å². The van der Waals surface area contributed by atoms with Gasteiger partial charge in [0, 0.05) is 16.8 Å². The van der Waals surface area contributed by atoms with E-state index >= 15 is 0 Å². The standard InChI is InChI=1S/C6H5N.H2S/c7-6-4-2-1-3-5(4)6;/h1-3H,7H2;1H2. The Balaban J connectivity index is 0.000000320. The van der Waals surface area contributed by atoms with Gasteiger partial charge in [0.05, 0.1) is 0 Å². The maximum Gasteiger partial charge on any atom is 0.0474 e. The number of para-hydroxylation sites is 1. The molecule has 2 rings (SSSR count). The first-order valence-corrected chi connectivity index (χ1v) is 2.28. The monoisotopic (exact) mass is 125 g/mol. The van der Waals surface area contributed by atoms with Gasteiger partial charge in [0.15, 0.2) is 0 Å². The smallest absolute Gasteiger partial charge is 0.0474 e. The van der Waals surface area contributed by atoms with Gasteiger partial charge in [-0.15, -0.1) is 0 Å². The molecule has 0 heterocycles. The van der Waals surface area contributed by atoms with Gasteiger partial charge in [0.2, 0.25) is 0 Å². The molecule has 0 bridgehead atoms. The highest BCUT2D eigenvalue weighted by atomic mass is 32.1. The summed E-state index contributed by atoms with van der Waals surface area (Å²) in [4.78, 5) is 0. The second kappa shape index (κ2) is 1.42. The lowest BCUT2D eigenvalue weighted by Gasteiger charge is -1.60. The number of fused-ring (bicyclic) bond motifs is 1. The van der Waals surface area contributed by atoms with Gasteiger partial charge in [-0.3, -0.25) is 0 Å². The summed E-state index contributed by atoms with van der Waals surface area (Å²) in [5, 5.41) is 0. The van der Waals surface area contributed by atoms with E-state index in [9.17, 15) is 0 Å². The van der Waals surface area contributed by atoms with Crippen molar-refractivity contribution in [3.8, 4) is 11.1 Å². The number of nitrogen functional groups attached to an aromatic ring is 1. The number of hydrogen-bond donors (Lipinski definition) is 1. The van der Waals surface area contributed by atoms with E-state index < -0.39 is 0 Å². The molecule has 8 heavy (non-hydrogen) atoms. The Morgan fingerprint density at radius 2 is 1.62 bits per heavy atom. The van der Waals surface area contributed by atoms with Gasteiger partial charge in [0.25, 0.3) is 0 Å². The van der Waals surface area contributed by atoms with Crippen LogP contribution in [-0.2, 0) is 0 Å². The Hall–Kier alpha value is -0.630. The van der Waals surface area contributed by atoms with E-state index in [1.54, 1.807) is 0 Å². The second-order valence-corrected chi connectivity index (χ2v) is 1.77. The molecule has 0 aromatic carbocycles. The molecule has 0 atom stereocenters. The first kappa shape index (κ1) is 5.51. The molecular weight excluding hydrogens is 118 g/mol. The van der Waals surface area contributed by atoms with E-state index in [0.717, 1.165) is 5.69 Å². The van der Waals surface area contributed by atoms with Crippen molar-refractivity contribution in [3.05, 3.63) is 18.2 Å². The summed E-state index contributed by atoms with van der Waals surface area (Å²) in [7, 11) is 0. The van der Waals surface area contributed by atoms with Crippen LogP contribution in [0.2, 0.25) is 0 Å². The highest BCUT2D eigenvalue weighted by Gasteiger charge is 2.18. The van der Waals surface area contributed by atoms with Crippen LogP contribution in [-0.4, -0.2) is 0 Å². The summed E-state index contributed by atoms with van der Waals surface area (Å²) >= 11 is 0.